The zero-order valence-electron chi connectivity index (χ0n) is 37.1. The van der Waals surface area contributed by atoms with Gasteiger partial charge in [-0.05, 0) is 64.2 Å². The maximum absolute atomic E-state index is 12.7. The fourth-order valence-corrected chi connectivity index (χ4v) is 7.04. The van der Waals surface area contributed by atoms with Gasteiger partial charge in [-0.15, -0.1) is 0 Å². The van der Waals surface area contributed by atoms with Crippen molar-refractivity contribution in [3.05, 3.63) is 24.3 Å². The second kappa shape index (κ2) is 39.0. The molecule has 0 fully saturated rings. The highest BCUT2D eigenvalue weighted by Gasteiger charge is 2.27. The van der Waals surface area contributed by atoms with Gasteiger partial charge in [0.15, 0.2) is 6.10 Å². The van der Waals surface area contributed by atoms with Crippen molar-refractivity contribution >= 4 is 19.8 Å². The van der Waals surface area contributed by atoms with Crippen LogP contribution in [0.15, 0.2) is 24.3 Å². The number of esters is 2. The predicted molar refractivity (Wildman–Crippen MR) is 234 cm³/mol. The number of allylic oxidation sites excluding steroid dienone is 4. The molecule has 56 heavy (non-hydrogen) atoms. The van der Waals surface area contributed by atoms with Gasteiger partial charge in [-0.1, -0.05) is 154 Å². The van der Waals surface area contributed by atoms with Crippen LogP contribution in [-0.2, 0) is 32.7 Å². The van der Waals surface area contributed by atoms with Crippen molar-refractivity contribution in [1.29, 1.82) is 0 Å². The Hall–Kier alpha value is -1.51. The van der Waals surface area contributed by atoms with E-state index in [1.807, 2.05) is 21.1 Å². The lowest BCUT2D eigenvalue weighted by molar-refractivity contribution is -0.870. The first-order valence-corrected chi connectivity index (χ1v) is 24.6. The van der Waals surface area contributed by atoms with Crippen LogP contribution in [0.4, 0.5) is 0 Å². The molecule has 9 nitrogen and oxygen atoms in total. The number of phosphoric ester groups is 1. The molecule has 0 saturated heterocycles. The number of rotatable bonds is 42. The summed E-state index contributed by atoms with van der Waals surface area (Å²) in [6.45, 7) is 4.41. The average Bonchev–Trinajstić information content (AvgIpc) is 3.15. The lowest BCUT2D eigenvalue weighted by atomic mass is 10.1. The van der Waals surface area contributed by atoms with Gasteiger partial charge in [-0.2, -0.15) is 0 Å². The summed E-state index contributed by atoms with van der Waals surface area (Å²) in [5, 5.41) is 0. The first-order chi connectivity index (χ1) is 27.0. The van der Waals surface area contributed by atoms with Gasteiger partial charge in [0.05, 0.1) is 27.7 Å². The molecule has 0 rings (SSSR count). The minimum Gasteiger partial charge on any atom is -0.462 e. The van der Waals surface area contributed by atoms with Crippen LogP contribution in [0.5, 0.6) is 0 Å². The van der Waals surface area contributed by atoms with E-state index in [1.165, 1.54) is 128 Å². The highest BCUT2D eigenvalue weighted by atomic mass is 31.2. The Kier molecular flexibility index (Phi) is 37.9. The molecule has 10 heteroatoms. The number of quaternary nitrogens is 1. The molecule has 0 aromatic carbocycles. The Bertz CT molecular complexity index is 1010. The molecule has 0 heterocycles. The molecule has 0 amide bonds. The van der Waals surface area contributed by atoms with Crippen molar-refractivity contribution in [2.24, 2.45) is 0 Å². The molecular formula is C46H89NO8P+. The number of unbranched alkanes of at least 4 members (excludes halogenated alkanes) is 24. The predicted octanol–water partition coefficient (Wildman–Crippen LogP) is 13.1. The van der Waals surface area contributed by atoms with Crippen molar-refractivity contribution in [2.75, 3.05) is 47.5 Å². The van der Waals surface area contributed by atoms with Gasteiger partial charge in [0.25, 0.3) is 0 Å². The van der Waals surface area contributed by atoms with E-state index in [2.05, 4.69) is 38.2 Å². The molecule has 0 aliphatic rings. The number of phosphoric acid groups is 1. The van der Waals surface area contributed by atoms with Crippen LogP contribution in [0.25, 0.3) is 0 Å². The summed E-state index contributed by atoms with van der Waals surface area (Å²) in [6.07, 6.45) is 42.2. The van der Waals surface area contributed by atoms with Gasteiger partial charge in [-0.25, -0.2) is 4.57 Å². The lowest BCUT2D eigenvalue weighted by Crippen LogP contribution is -2.37. The molecule has 0 aromatic heterocycles. The molecule has 0 aliphatic heterocycles. The first kappa shape index (κ1) is 54.5. The van der Waals surface area contributed by atoms with Crippen LogP contribution < -0.4 is 0 Å². The summed E-state index contributed by atoms with van der Waals surface area (Å²) in [4.78, 5) is 35.4. The average molecular weight is 815 g/mol. The minimum atomic E-state index is -4.37. The fourth-order valence-electron chi connectivity index (χ4n) is 6.30. The van der Waals surface area contributed by atoms with E-state index in [-0.39, 0.29) is 32.0 Å². The van der Waals surface area contributed by atoms with E-state index in [4.69, 9.17) is 18.5 Å². The van der Waals surface area contributed by atoms with Crippen molar-refractivity contribution in [3.63, 3.8) is 0 Å². The van der Waals surface area contributed by atoms with E-state index < -0.39 is 26.5 Å². The van der Waals surface area contributed by atoms with Gasteiger partial charge >= 0.3 is 19.8 Å². The Labute approximate surface area is 345 Å². The maximum atomic E-state index is 12.7. The van der Waals surface area contributed by atoms with Crippen LogP contribution in [0, 0.1) is 0 Å². The van der Waals surface area contributed by atoms with Crippen molar-refractivity contribution in [3.8, 4) is 0 Å². The molecular weight excluding hydrogens is 725 g/mol. The summed E-state index contributed by atoms with van der Waals surface area (Å²) in [6, 6.07) is 0. The molecule has 0 saturated carbocycles. The number of hydrogen-bond donors (Lipinski definition) is 1. The van der Waals surface area contributed by atoms with Crippen LogP contribution in [0.1, 0.15) is 206 Å². The number of carbonyl (C=O) groups excluding carboxylic acids is 2. The summed E-state index contributed by atoms with van der Waals surface area (Å²) in [5.41, 5.74) is 0. The quantitative estimate of drug-likeness (QED) is 0.0213. The zero-order chi connectivity index (χ0) is 41.4. The number of nitrogens with zero attached hydrogens (tertiary/aromatic N) is 1. The number of carbonyl (C=O) groups is 2. The largest absolute Gasteiger partial charge is 0.472 e. The third-order valence-corrected chi connectivity index (χ3v) is 10.9. The third kappa shape index (κ3) is 42.1. The van der Waals surface area contributed by atoms with E-state index in [9.17, 15) is 19.0 Å². The Balaban J connectivity index is 4.33. The summed E-state index contributed by atoms with van der Waals surface area (Å²) >= 11 is 0. The zero-order valence-corrected chi connectivity index (χ0v) is 38.0. The Morgan fingerprint density at radius 3 is 1.34 bits per heavy atom. The summed E-state index contributed by atoms with van der Waals surface area (Å²) < 4.78 is 34.3. The minimum absolute atomic E-state index is 0.0314. The monoisotopic (exact) mass is 815 g/mol. The van der Waals surface area contributed by atoms with E-state index >= 15 is 0 Å². The molecule has 1 N–H and O–H groups in total. The highest BCUT2D eigenvalue weighted by molar-refractivity contribution is 7.47. The number of likely N-dealkylation sites (N-methyl/N-ethyl adjacent to an activating group) is 1. The van der Waals surface area contributed by atoms with Crippen LogP contribution in [0.3, 0.4) is 0 Å². The molecule has 0 aliphatic carbocycles. The summed E-state index contributed by atoms with van der Waals surface area (Å²) in [5.74, 6) is -0.803. The van der Waals surface area contributed by atoms with Gasteiger partial charge < -0.3 is 18.9 Å². The van der Waals surface area contributed by atoms with Crippen LogP contribution in [0.2, 0.25) is 0 Å². The molecule has 0 bridgehead atoms. The number of ether oxygens (including phenoxy) is 2. The molecule has 0 radical (unpaired) electrons. The first-order valence-electron chi connectivity index (χ1n) is 23.1. The van der Waals surface area contributed by atoms with Crippen LogP contribution in [-0.4, -0.2) is 74.9 Å². The normalized spacial score (nSPS) is 13.8. The Morgan fingerprint density at radius 2 is 0.911 bits per heavy atom. The van der Waals surface area contributed by atoms with Gasteiger partial charge in [0, 0.05) is 12.8 Å². The van der Waals surface area contributed by atoms with Crippen molar-refractivity contribution in [2.45, 2.75) is 213 Å². The van der Waals surface area contributed by atoms with Gasteiger partial charge in [-0.3, -0.25) is 18.6 Å². The SMILES string of the molecule is CCCCCC/C=C/CCCCCCCCCC(=O)OC[C@H](COP(=O)(O)OCC[N+](C)(C)C)OC(=O)CCCCCCCCC/C=C/CCCCCCCC. The smallest absolute Gasteiger partial charge is 0.462 e. The van der Waals surface area contributed by atoms with Crippen molar-refractivity contribution in [1.82, 2.24) is 0 Å². The second-order valence-electron chi connectivity index (χ2n) is 16.8. The second-order valence-corrected chi connectivity index (χ2v) is 18.2. The molecule has 1 unspecified atom stereocenters. The third-order valence-electron chi connectivity index (χ3n) is 9.95. The van der Waals surface area contributed by atoms with E-state index in [0.29, 0.717) is 17.4 Å². The number of hydrogen-bond acceptors (Lipinski definition) is 7. The van der Waals surface area contributed by atoms with Gasteiger partial charge in [0.1, 0.15) is 19.8 Å². The van der Waals surface area contributed by atoms with Gasteiger partial charge in [0.2, 0.25) is 0 Å². The van der Waals surface area contributed by atoms with E-state index in [1.54, 1.807) is 0 Å². The Morgan fingerprint density at radius 1 is 0.536 bits per heavy atom. The molecule has 2 atom stereocenters. The van der Waals surface area contributed by atoms with E-state index in [0.717, 1.165) is 44.9 Å². The lowest BCUT2D eigenvalue weighted by Gasteiger charge is -2.24. The molecule has 330 valence electrons. The topological polar surface area (TPSA) is 108 Å². The highest BCUT2D eigenvalue weighted by Crippen LogP contribution is 2.43. The summed E-state index contributed by atoms with van der Waals surface area (Å²) in [7, 11) is 1.48. The molecule has 0 spiro atoms. The maximum Gasteiger partial charge on any atom is 0.472 e. The fraction of sp³-hybridized carbons (Fsp3) is 0.870. The van der Waals surface area contributed by atoms with Crippen LogP contribution >= 0.6 is 7.82 Å². The van der Waals surface area contributed by atoms with Crippen molar-refractivity contribution < 1.29 is 42.1 Å². The molecule has 0 aromatic rings. The standard InChI is InChI=1S/C46H88NO8P/c1-6-8-10-12-14-16-18-20-22-23-25-27-29-31-33-35-37-39-46(49)55-44(43-54-56(50,51)53-41-40-47(3,4)5)42-52-45(48)38-36-34-32-30-28-26-24-21-19-17-15-13-11-9-7-2/h17,19-20,22,44H,6-16,18,21,23-43H2,1-5H3/p+1/b19-17+,22-20+/t44-/m1/s1.